The van der Waals surface area contributed by atoms with Crippen LogP contribution in [0.15, 0.2) is 24.3 Å². The molecule has 1 aromatic rings. The smallest absolute Gasteiger partial charge is 0.494 e. The molecule has 0 atom stereocenters. The Kier molecular flexibility index (Phi) is 12.3. The number of hydrogen-bond acceptors (Lipinski definition) is 7. The van der Waals surface area contributed by atoms with Gasteiger partial charge < -0.3 is 18.0 Å². The number of hydrogen-bond donors (Lipinski definition) is 0. The lowest BCUT2D eigenvalue weighted by atomic mass is 9.77. The minimum Gasteiger partial charge on any atom is -0.494 e. The fourth-order valence-electron chi connectivity index (χ4n) is 4.89. The summed E-state index contributed by atoms with van der Waals surface area (Å²) < 4.78 is 21.5. The summed E-state index contributed by atoms with van der Waals surface area (Å²) in [5.74, 6) is 0.578. The van der Waals surface area contributed by atoms with Crippen molar-refractivity contribution in [1.29, 1.82) is 0 Å². The lowest BCUT2D eigenvalue weighted by molar-refractivity contribution is -0.147. The van der Waals surface area contributed by atoms with Gasteiger partial charge in [0.1, 0.15) is 5.75 Å². The molecular weight excluding hydrogens is 464 g/mol. The first-order chi connectivity index (χ1) is 16.7. The van der Waals surface area contributed by atoms with Gasteiger partial charge in [-0.1, -0.05) is 44.7 Å². The number of unbranched alkanes of at least 4 members (excludes halogenated alkanes) is 3. The first-order valence-electron chi connectivity index (χ1n) is 13.0. The van der Waals surface area contributed by atoms with Gasteiger partial charge in [0.15, 0.2) is 0 Å². The van der Waals surface area contributed by atoms with Crippen LogP contribution in [0.1, 0.15) is 103 Å². The number of ether oxygens (including phenoxy) is 1. The van der Waals surface area contributed by atoms with Crippen LogP contribution < -0.4 is 4.74 Å². The van der Waals surface area contributed by atoms with E-state index in [2.05, 4.69) is 31.2 Å². The third-order valence-corrected chi connectivity index (χ3v) is 9.20. The third kappa shape index (κ3) is 10.8. The van der Waals surface area contributed by atoms with Crippen LogP contribution in [0.5, 0.6) is 5.75 Å². The maximum Gasteiger partial charge on any atom is 0.705 e. The molecule has 1 aliphatic carbocycles. The minimum atomic E-state index is -3.71. The van der Waals surface area contributed by atoms with Crippen molar-refractivity contribution in [2.75, 3.05) is 6.61 Å². The monoisotopic (exact) mass is 506 g/mol. The van der Waals surface area contributed by atoms with Gasteiger partial charge in [-0.3, -0.25) is 14.4 Å². The van der Waals surface area contributed by atoms with Crippen LogP contribution in [-0.4, -0.2) is 33.3 Å². The molecule has 0 N–H and O–H groups in total. The predicted octanol–water partition coefficient (Wildman–Crippen LogP) is 6.33. The number of benzene rings is 1. The van der Waals surface area contributed by atoms with E-state index in [0.29, 0.717) is 18.9 Å². The van der Waals surface area contributed by atoms with Crippen molar-refractivity contribution in [3.8, 4) is 5.75 Å². The zero-order chi connectivity index (χ0) is 25.7. The second-order valence-corrected chi connectivity index (χ2v) is 12.0. The Morgan fingerprint density at radius 2 is 1.34 bits per heavy atom. The molecular formula is C27H42O7Si. The number of carbonyl (C=O) groups excluding carboxylic acids is 3. The standard InChI is InChI=1S/C27H42O7Si/c1-5-10-24-11-13-25(14-12-24)26-15-17-27(18-16-26)31-19-8-6-7-9-20-35(32-21(2)28,33-22(3)29)34-23(4)30/h15-18,24-25H,5-14,19-20H2,1-4H3. The Balaban J connectivity index is 1.69. The Labute approximate surface area is 211 Å². The van der Waals surface area contributed by atoms with Crippen molar-refractivity contribution in [3.05, 3.63) is 29.8 Å². The van der Waals surface area contributed by atoms with Crippen molar-refractivity contribution < 1.29 is 32.4 Å². The first-order valence-corrected chi connectivity index (χ1v) is 15.0. The van der Waals surface area contributed by atoms with E-state index in [1.54, 1.807) is 0 Å². The molecule has 1 aliphatic rings. The molecule has 0 saturated heterocycles. The average molecular weight is 507 g/mol. The molecule has 196 valence electrons. The van der Waals surface area contributed by atoms with Crippen LogP contribution >= 0.6 is 0 Å². The van der Waals surface area contributed by atoms with Crippen LogP contribution in [-0.2, 0) is 27.7 Å². The molecule has 2 rings (SSSR count). The van der Waals surface area contributed by atoms with E-state index in [4.69, 9.17) is 18.0 Å². The van der Waals surface area contributed by atoms with E-state index < -0.39 is 26.7 Å². The summed E-state index contributed by atoms with van der Waals surface area (Å²) >= 11 is 0. The Bertz CT molecular complexity index is 759. The van der Waals surface area contributed by atoms with Crippen LogP contribution in [0.25, 0.3) is 0 Å². The highest BCUT2D eigenvalue weighted by atomic mass is 28.4. The highest BCUT2D eigenvalue weighted by Crippen LogP contribution is 2.37. The van der Waals surface area contributed by atoms with Gasteiger partial charge in [-0.05, 0) is 68.1 Å². The van der Waals surface area contributed by atoms with Crippen LogP contribution in [0.2, 0.25) is 6.04 Å². The molecule has 0 bridgehead atoms. The number of rotatable bonds is 14. The SMILES string of the molecule is CCCC1CCC(c2ccc(OCCCCCC[Si](OC(C)=O)(OC(C)=O)OC(C)=O)cc2)CC1. The molecule has 0 amide bonds. The largest absolute Gasteiger partial charge is 0.705 e. The summed E-state index contributed by atoms with van der Waals surface area (Å²) in [5, 5.41) is 0. The second kappa shape index (κ2) is 14.9. The molecule has 1 aromatic carbocycles. The van der Waals surface area contributed by atoms with Gasteiger partial charge in [-0.15, -0.1) is 0 Å². The molecule has 0 aliphatic heterocycles. The summed E-state index contributed by atoms with van der Waals surface area (Å²) in [7, 11) is -3.71. The predicted molar refractivity (Wildman–Crippen MR) is 136 cm³/mol. The lowest BCUT2D eigenvalue weighted by Gasteiger charge is -2.28. The van der Waals surface area contributed by atoms with E-state index in [1.165, 1.54) is 64.9 Å². The van der Waals surface area contributed by atoms with Gasteiger partial charge in [-0.2, -0.15) is 0 Å². The summed E-state index contributed by atoms with van der Waals surface area (Å²) in [5.41, 5.74) is 1.42. The van der Waals surface area contributed by atoms with Crippen LogP contribution in [0.4, 0.5) is 0 Å². The van der Waals surface area contributed by atoms with Gasteiger partial charge in [0.25, 0.3) is 17.9 Å². The molecule has 0 aromatic heterocycles. The number of carbonyl (C=O) groups is 3. The molecule has 7 nitrogen and oxygen atoms in total. The van der Waals surface area contributed by atoms with Crippen molar-refractivity contribution in [2.45, 2.75) is 104 Å². The van der Waals surface area contributed by atoms with E-state index in [0.717, 1.165) is 30.9 Å². The zero-order valence-corrected chi connectivity index (χ0v) is 22.8. The van der Waals surface area contributed by atoms with Gasteiger partial charge in [0.2, 0.25) is 0 Å². The van der Waals surface area contributed by atoms with Crippen LogP contribution in [0, 0.1) is 5.92 Å². The Morgan fingerprint density at radius 1 is 0.800 bits per heavy atom. The Morgan fingerprint density at radius 3 is 1.86 bits per heavy atom. The molecule has 0 spiro atoms. The van der Waals surface area contributed by atoms with E-state index in [-0.39, 0.29) is 6.04 Å². The van der Waals surface area contributed by atoms with E-state index in [1.807, 2.05) is 0 Å². The molecule has 0 unspecified atom stereocenters. The summed E-state index contributed by atoms with van der Waals surface area (Å²) in [4.78, 5) is 34.5. The van der Waals surface area contributed by atoms with Gasteiger partial charge in [-0.25, -0.2) is 0 Å². The second-order valence-electron chi connectivity index (χ2n) is 9.55. The van der Waals surface area contributed by atoms with Crippen molar-refractivity contribution in [3.63, 3.8) is 0 Å². The van der Waals surface area contributed by atoms with E-state index >= 15 is 0 Å². The Hall–Kier alpha value is -2.35. The van der Waals surface area contributed by atoms with Crippen molar-refractivity contribution in [1.82, 2.24) is 0 Å². The molecule has 0 radical (unpaired) electrons. The van der Waals surface area contributed by atoms with Crippen LogP contribution in [0.3, 0.4) is 0 Å². The fourth-order valence-corrected chi connectivity index (χ4v) is 7.32. The van der Waals surface area contributed by atoms with Crippen molar-refractivity contribution >= 4 is 26.7 Å². The fraction of sp³-hybridized carbons (Fsp3) is 0.667. The van der Waals surface area contributed by atoms with Gasteiger partial charge in [0.05, 0.1) is 12.7 Å². The molecule has 8 heteroatoms. The zero-order valence-electron chi connectivity index (χ0n) is 21.8. The quantitative estimate of drug-likeness (QED) is 0.215. The summed E-state index contributed by atoms with van der Waals surface area (Å²) in [6.45, 7) is 6.51. The highest BCUT2D eigenvalue weighted by molar-refractivity contribution is 6.65. The molecule has 0 heterocycles. The average Bonchev–Trinajstić information content (AvgIpc) is 2.78. The maximum atomic E-state index is 11.5. The van der Waals surface area contributed by atoms with Gasteiger partial charge >= 0.3 is 8.80 Å². The van der Waals surface area contributed by atoms with E-state index in [9.17, 15) is 14.4 Å². The maximum absolute atomic E-state index is 11.5. The lowest BCUT2D eigenvalue weighted by Crippen LogP contribution is -2.49. The highest BCUT2D eigenvalue weighted by Gasteiger charge is 2.51. The minimum absolute atomic E-state index is 0.217. The third-order valence-electron chi connectivity index (χ3n) is 6.44. The molecule has 1 fully saturated rings. The van der Waals surface area contributed by atoms with Gasteiger partial charge in [0, 0.05) is 20.8 Å². The summed E-state index contributed by atoms with van der Waals surface area (Å²) in [6, 6.07) is 8.79. The summed E-state index contributed by atoms with van der Waals surface area (Å²) in [6.07, 6.45) is 11.1. The normalized spacial score (nSPS) is 17.9. The molecule has 35 heavy (non-hydrogen) atoms. The molecule has 1 saturated carbocycles. The van der Waals surface area contributed by atoms with Crippen molar-refractivity contribution in [2.24, 2.45) is 5.92 Å². The first kappa shape index (κ1) is 28.9. The topological polar surface area (TPSA) is 88.1 Å².